The zero-order chi connectivity index (χ0) is 11.4. The minimum absolute atomic E-state index is 1.23. The van der Waals surface area contributed by atoms with Gasteiger partial charge in [-0.1, -0.05) is 32.3 Å². The molecule has 0 unspecified atom stereocenters. The lowest BCUT2D eigenvalue weighted by Crippen LogP contribution is -1.87. The van der Waals surface area contributed by atoms with Crippen molar-refractivity contribution in [2.75, 3.05) is 0 Å². The summed E-state index contributed by atoms with van der Waals surface area (Å²) in [4.78, 5) is 0. The number of fused-ring (bicyclic) bond motifs is 1. The van der Waals surface area contributed by atoms with E-state index in [2.05, 4.69) is 49.0 Å². The number of benzene rings is 1. The summed E-state index contributed by atoms with van der Waals surface area (Å²) in [5.74, 6) is 0. The highest BCUT2D eigenvalue weighted by atomic mass is 14.9. The molecule has 0 N–H and O–H groups in total. The molecule has 0 atom stereocenters. The summed E-state index contributed by atoms with van der Waals surface area (Å²) < 4.78 is 2.18. The van der Waals surface area contributed by atoms with E-state index < -0.39 is 0 Å². The molecule has 0 aliphatic carbocycles. The highest BCUT2D eigenvalue weighted by molar-refractivity contribution is 5.80. The topological polar surface area (TPSA) is 4.93 Å². The molecule has 2 rings (SSSR count). The number of aromatic nitrogens is 1. The van der Waals surface area contributed by atoms with E-state index in [4.69, 9.17) is 0 Å². The van der Waals surface area contributed by atoms with Crippen molar-refractivity contribution in [3.63, 3.8) is 0 Å². The maximum Gasteiger partial charge on any atom is 0.0477 e. The molecule has 0 fully saturated rings. The number of rotatable bonds is 5. The van der Waals surface area contributed by atoms with Crippen molar-refractivity contribution in [1.29, 1.82) is 0 Å². The van der Waals surface area contributed by atoms with Crippen LogP contribution in [-0.4, -0.2) is 4.57 Å². The summed E-state index contributed by atoms with van der Waals surface area (Å²) in [6.07, 6.45) is 8.73. The van der Waals surface area contributed by atoms with Crippen LogP contribution in [0.5, 0.6) is 0 Å². The predicted octanol–water partition coefficient (Wildman–Crippen LogP) is 4.30. The average Bonchev–Trinajstić information content (AvgIpc) is 2.66. The first-order valence-electron chi connectivity index (χ1n) is 6.35. The zero-order valence-electron chi connectivity index (χ0n) is 10.4. The van der Waals surface area contributed by atoms with Gasteiger partial charge < -0.3 is 4.57 Å². The molecule has 2 aromatic rings. The van der Waals surface area contributed by atoms with Gasteiger partial charge in [0.15, 0.2) is 0 Å². The highest BCUT2D eigenvalue weighted by Gasteiger charge is 1.99. The second-order valence-corrected chi connectivity index (χ2v) is 4.63. The molecule has 1 aromatic carbocycles. The van der Waals surface area contributed by atoms with Crippen LogP contribution in [0.15, 0.2) is 30.5 Å². The van der Waals surface area contributed by atoms with Crippen LogP contribution in [0, 0.1) is 0 Å². The quantitative estimate of drug-likeness (QED) is 0.655. The molecule has 0 aliphatic heterocycles. The summed E-state index contributed by atoms with van der Waals surface area (Å²) in [6, 6.07) is 9.05. The molecular weight excluding hydrogens is 194 g/mol. The van der Waals surface area contributed by atoms with E-state index in [1.54, 1.807) is 0 Å². The fourth-order valence-electron chi connectivity index (χ4n) is 2.24. The summed E-state index contributed by atoms with van der Waals surface area (Å²) >= 11 is 0. The Hall–Kier alpha value is -1.24. The number of hydrogen-bond donors (Lipinski definition) is 0. The van der Waals surface area contributed by atoms with Crippen LogP contribution in [0.1, 0.15) is 38.2 Å². The second-order valence-electron chi connectivity index (χ2n) is 4.63. The summed E-state index contributed by atoms with van der Waals surface area (Å²) in [5.41, 5.74) is 2.81. The van der Waals surface area contributed by atoms with Gasteiger partial charge in [0.05, 0.1) is 0 Å². The van der Waals surface area contributed by atoms with Crippen LogP contribution >= 0.6 is 0 Å². The van der Waals surface area contributed by atoms with Crippen LogP contribution < -0.4 is 0 Å². The molecule has 0 amide bonds. The highest BCUT2D eigenvalue weighted by Crippen LogP contribution is 2.18. The first-order chi connectivity index (χ1) is 7.81. The van der Waals surface area contributed by atoms with Crippen molar-refractivity contribution >= 4 is 10.9 Å². The van der Waals surface area contributed by atoms with E-state index in [1.807, 2.05) is 0 Å². The van der Waals surface area contributed by atoms with Crippen molar-refractivity contribution in [3.8, 4) is 0 Å². The van der Waals surface area contributed by atoms with Crippen LogP contribution in [0.4, 0.5) is 0 Å². The Morgan fingerprint density at radius 3 is 2.75 bits per heavy atom. The average molecular weight is 215 g/mol. The van der Waals surface area contributed by atoms with Gasteiger partial charge in [0.2, 0.25) is 0 Å². The van der Waals surface area contributed by atoms with Crippen LogP contribution in [0.3, 0.4) is 0 Å². The SMILES string of the molecule is CCCCCCc1ccc2c(ccn2C)c1. The molecule has 0 bridgehead atoms. The van der Waals surface area contributed by atoms with Gasteiger partial charge in [-0.15, -0.1) is 0 Å². The lowest BCUT2D eigenvalue weighted by atomic mass is 10.0. The smallest absolute Gasteiger partial charge is 0.0477 e. The van der Waals surface area contributed by atoms with Crippen molar-refractivity contribution in [1.82, 2.24) is 4.57 Å². The van der Waals surface area contributed by atoms with E-state index in [1.165, 1.54) is 48.6 Å². The van der Waals surface area contributed by atoms with Gasteiger partial charge in [0, 0.05) is 18.8 Å². The van der Waals surface area contributed by atoms with Crippen LogP contribution in [-0.2, 0) is 13.5 Å². The Bertz CT molecular complexity index is 453. The zero-order valence-corrected chi connectivity index (χ0v) is 10.4. The minimum atomic E-state index is 1.23. The Kier molecular flexibility index (Phi) is 3.66. The molecule has 86 valence electrons. The fourth-order valence-corrected chi connectivity index (χ4v) is 2.24. The standard InChI is InChI=1S/C15H21N/c1-3-4-5-6-7-13-8-9-15-14(12-13)10-11-16(15)2/h8-12H,3-7H2,1-2H3. The predicted molar refractivity (Wildman–Crippen MR) is 70.8 cm³/mol. The largest absolute Gasteiger partial charge is 0.351 e. The van der Waals surface area contributed by atoms with Gasteiger partial charge in [0.25, 0.3) is 0 Å². The first kappa shape index (κ1) is 11.3. The van der Waals surface area contributed by atoms with Gasteiger partial charge in [0.1, 0.15) is 0 Å². The molecule has 0 spiro atoms. The van der Waals surface area contributed by atoms with Gasteiger partial charge in [-0.3, -0.25) is 0 Å². The van der Waals surface area contributed by atoms with Crippen molar-refractivity contribution in [2.24, 2.45) is 7.05 Å². The Morgan fingerprint density at radius 1 is 1.06 bits per heavy atom. The Morgan fingerprint density at radius 2 is 1.94 bits per heavy atom. The number of aryl methyl sites for hydroxylation is 2. The minimum Gasteiger partial charge on any atom is -0.351 e. The van der Waals surface area contributed by atoms with Crippen LogP contribution in [0.2, 0.25) is 0 Å². The maximum absolute atomic E-state index is 2.33. The first-order valence-corrected chi connectivity index (χ1v) is 6.35. The Labute approximate surface area is 98.1 Å². The maximum atomic E-state index is 2.33. The monoisotopic (exact) mass is 215 g/mol. The van der Waals surface area contributed by atoms with Crippen molar-refractivity contribution < 1.29 is 0 Å². The molecule has 1 heteroatoms. The lowest BCUT2D eigenvalue weighted by Gasteiger charge is -2.02. The Balaban J connectivity index is 2.02. The molecular formula is C15H21N. The third-order valence-corrected chi connectivity index (χ3v) is 3.27. The molecule has 1 heterocycles. The second kappa shape index (κ2) is 5.20. The van der Waals surface area contributed by atoms with Gasteiger partial charge in [-0.25, -0.2) is 0 Å². The molecule has 16 heavy (non-hydrogen) atoms. The van der Waals surface area contributed by atoms with Gasteiger partial charge in [-0.05, 0) is 42.0 Å². The van der Waals surface area contributed by atoms with Crippen LogP contribution in [0.25, 0.3) is 10.9 Å². The third kappa shape index (κ3) is 2.46. The molecule has 0 aliphatic rings. The van der Waals surface area contributed by atoms with E-state index >= 15 is 0 Å². The van der Waals surface area contributed by atoms with Gasteiger partial charge >= 0.3 is 0 Å². The molecule has 0 saturated carbocycles. The normalized spacial score (nSPS) is 11.1. The molecule has 1 nitrogen and oxygen atoms in total. The number of unbranched alkanes of at least 4 members (excludes halogenated alkanes) is 3. The number of hydrogen-bond acceptors (Lipinski definition) is 0. The van der Waals surface area contributed by atoms with E-state index in [9.17, 15) is 0 Å². The summed E-state index contributed by atoms with van der Waals surface area (Å²) in [7, 11) is 2.10. The third-order valence-electron chi connectivity index (χ3n) is 3.27. The fraction of sp³-hybridized carbons (Fsp3) is 0.467. The van der Waals surface area contributed by atoms with E-state index in [0.29, 0.717) is 0 Å². The molecule has 0 saturated heterocycles. The summed E-state index contributed by atoms with van der Waals surface area (Å²) in [6.45, 7) is 2.26. The number of nitrogens with zero attached hydrogens (tertiary/aromatic N) is 1. The van der Waals surface area contributed by atoms with Crippen molar-refractivity contribution in [3.05, 3.63) is 36.0 Å². The summed E-state index contributed by atoms with van der Waals surface area (Å²) in [5, 5.41) is 1.37. The lowest BCUT2D eigenvalue weighted by molar-refractivity contribution is 0.667. The van der Waals surface area contributed by atoms with Crippen molar-refractivity contribution in [2.45, 2.75) is 39.0 Å². The molecule has 1 aromatic heterocycles. The van der Waals surface area contributed by atoms with E-state index in [0.717, 1.165) is 0 Å². The van der Waals surface area contributed by atoms with E-state index in [-0.39, 0.29) is 0 Å². The molecule has 0 radical (unpaired) electrons. The van der Waals surface area contributed by atoms with Gasteiger partial charge in [-0.2, -0.15) is 0 Å².